The van der Waals surface area contributed by atoms with E-state index >= 15 is 0 Å². The minimum Gasteiger partial charge on any atom is -0.290 e. The largest absolute Gasteiger partial charge is 0.290 e. The van der Waals surface area contributed by atoms with Gasteiger partial charge in [0.25, 0.3) is 11.4 Å². The van der Waals surface area contributed by atoms with Crippen molar-refractivity contribution in [1.29, 1.82) is 0 Å². The maximum atomic E-state index is 11.8. The van der Waals surface area contributed by atoms with Gasteiger partial charge < -0.3 is 0 Å². The van der Waals surface area contributed by atoms with Crippen molar-refractivity contribution in [2.24, 2.45) is 0 Å². The highest BCUT2D eigenvalue weighted by Gasteiger charge is 2.05. The van der Waals surface area contributed by atoms with E-state index in [1.54, 1.807) is 36.4 Å². The van der Waals surface area contributed by atoms with Gasteiger partial charge in [0, 0.05) is 24.3 Å². The zero-order valence-corrected chi connectivity index (χ0v) is 13.8. The molecule has 0 bridgehead atoms. The van der Waals surface area contributed by atoms with Crippen LogP contribution in [0.15, 0.2) is 72.8 Å². The molecule has 0 aromatic heterocycles. The van der Waals surface area contributed by atoms with E-state index in [-0.39, 0.29) is 17.2 Å². The first-order chi connectivity index (χ1) is 12.5. The third-order valence-corrected chi connectivity index (χ3v) is 3.51. The molecule has 0 unspecified atom stereocenters. The van der Waals surface area contributed by atoms with Gasteiger partial charge in [0.15, 0.2) is 5.78 Å². The zero-order valence-electron chi connectivity index (χ0n) is 13.8. The molecule has 0 aliphatic rings. The number of nitro groups is 2. The summed E-state index contributed by atoms with van der Waals surface area (Å²) in [5, 5.41) is 21.4. The molecule has 0 fully saturated rings. The van der Waals surface area contributed by atoms with Crippen LogP contribution in [0.3, 0.4) is 0 Å². The highest BCUT2D eigenvalue weighted by molar-refractivity contribution is 5.99. The molecule has 0 saturated heterocycles. The lowest BCUT2D eigenvalue weighted by Crippen LogP contribution is -1.91. The van der Waals surface area contributed by atoms with Gasteiger partial charge in [-0.3, -0.25) is 25.0 Å². The minimum absolute atomic E-state index is 0.0130. The van der Waals surface area contributed by atoms with Gasteiger partial charge >= 0.3 is 0 Å². The van der Waals surface area contributed by atoms with Gasteiger partial charge in [-0.2, -0.15) is 0 Å². The van der Waals surface area contributed by atoms with Crippen LogP contribution in [0.1, 0.15) is 11.1 Å². The number of ketones is 1. The lowest BCUT2D eigenvalue weighted by molar-refractivity contribution is -0.385. The van der Waals surface area contributed by atoms with E-state index in [0.717, 1.165) is 11.1 Å². The molecule has 0 aliphatic carbocycles. The number of carbonyl (C=O) groups excluding carboxylic acids is 1. The van der Waals surface area contributed by atoms with Crippen molar-refractivity contribution in [3.05, 3.63) is 104 Å². The van der Waals surface area contributed by atoms with Crippen LogP contribution >= 0.6 is 0 Å². The van der Waals surface area contributed by atoms with Crippen LogP contribution in [0.25, 0.3) is 0 Å². The van der Waals surface area contributed by atoms with E-state index in [4.69, 9.17) is 0 Å². The van der Waals surface area contributed by atoms with Gasteiger partial charge in [0.2, 0.25) is 0 Å². The van der Waals surface area contributed by atoms with E-state index in [2.05, 4.69) is 0 Å². The Bertz CT molecular complexity index is 816. The van der Waals surface area contributed by atoms with E-state index < -0.39 is 9.85 Å². The summed E-state index contributed by atoms with van der Waals surface area (Å²) >= 11 is 0. The second-order valence-corrected chi connectivity index (χ2v) is 5.47. The molecule has 2 rings (SSSR count). The summed E-state index contributed by atoms with van der Waals surface area (Å²) in [4.78, 5) is 32.3. The Hall–Kier alpha value is -3.61. The van der Waals surface area contributed by atoms with Crippen LogP contribution in [-0.2, 0) is 17.6 Å². The number of nitrogens with zero attached hydrogens (tertiary/aromatic N) is 2. The highest BCUT2D eigenvalue weighted by atomic mass is 16.6. The number of benzene rings is 2. The molecule has 132 valence electrons. The van der Waals surface area contributed by atoms with E-state index in [1.165, 1.54) is 36.4 Å². The van der Waals surface area contributed by atoms with Crippen LogP contribution < -0.4 is 0 Å². The van der Waals surface area contributed by atoms with Crippen molar-refractivity contribution in [2.75, 3.05) is 0 Å². The number of hydrogen-bond acceptors (Lipinski definition) is 5. The van der Waals surface area contributed by atoms with Crippen LogP contribution in [0, 0.1) is 20.2 Å². The molecule has 7 nitrogen and oxygen atoms in total. The topological polar surface area (TPSA) is 103 Å². The lowest BCUT2D eigenvalue weighted by Gasteiger charge is -1.97. The molecule has 0 N–H and O–H groups in total. The quantitative estimate of drug-likeness (QED) is 0.406. The van der Waals surface area contributed by atoms with E-state index in [0.29, 0.717) is 12.8 Å². The average molecular weight is 352 g/mol. The maximum absolute atomic E-state index is 11.8. The van der Waals surface area contributed by atoms with Crippen molar-refractivity contribution >= 4 is 17.2 Å². The Balaban J connectivity index is 1.88. The van der Waals surface area contributed by atoms with Crippen molar-refractivity contribution in [1.82, 2.24) is 0 Å². The smallest absolute Gasteiger partial charge is 0.269 e. The number of nitro benzene ring substituents is 2. The molecule has 26 heavy (non-hydrogen) atoms. The first kappa shape index (κ1) is 18.7. The SMILES string of the molecule is O=C(C=CCc1cccc([N+](=O)[O-])c1)C=CCc1cccc([N+](=O)[O-])c1. The summed E-state index contributed by atoms with van der Waals surface area (Å²) in [6.07, 6.45) is 6.88. The average Bonchev–Trinajstić information content (AvgIpc) is 2.62. The van der Waals surface area contributed by atoms with Crippen LogP contribution in [0.4, 0.5) is 11.4 Å². The van der Waals surface area contributed by atoms with Crippen molar-refractivity contribution in [3.63, 3.8) is 0 Å². The van der Waals surface area contributed by atoms with Gasteiger partial charge in [-0.05, 0) is 36.1 Å². The van der Waals surface area contributed by atoms with Gasteiger partial charge in [0.05, 0.1) is 9.85 Å². The van der Waals surface area contributed by atoms with Crippen molar-refractivity contribution in [3.8, 4) is 0 Å². The third kappa shape index (κ3) is 5.79. The molecule has 2 aromatic carbocycles. The van der Waals surface area contributed by atoms with Gasteiger partial charge in [-0.15, -0.1) is 0 Å². The zero-order chi connectivity index (χ0) is 18.9. The van der Waals surface area contributed by atoms with E-state index in [1.807, 2.05) is 0 Å². The number of non-ortho nitro benzene ring substituents is 2. The maximum Gasteiger partial charge on any atom is 0.269 e. The molecule has 0 aliphatic heterocycles. The normalized spacial score (nSPS) is 11.1. The summed E-state index contributed by atoms with van der Waals surface area (Å²) < 4.78 is 0. The number of hydrogen-bond donors (Lipinski definition) is 0. The monoisotopic (exact) mass is 352 g/mol. The Morgan fingerprint density at radius 3 is 1.62 bits per heavy atom. The summed E-state index contributed by atoms with van der Waals surface area (Å²) in [5.74, 6) is -0.221. The lowest BCUT2D eigenvalue weighted by atomic mass is 10.1. The summed E-state index contributed by atoms with van der Waals surface area (Å²) in [7, 11) is 0. The summed E-state index contributed by atoms with van der Waals surface area (Å²) in [5.41, 5.74) is 1.51. The number of rotatable bonds is 8. The third-order valence-electron chi connectivity index (χ3n) is 3.51. The van der Waals surface area contributed by atoms with E-state index in [9.17, 15) is 25.0 Å². The second-order valence-electron chi connectivity index (χ2n) is 5.47. The molecule has 0 saturated carbocycles. The second kappa shape index (κ2) is 9.03. The first-order valence-electron chi connectivity index (χ1n) is 7.79. The number of allylic oxidation sites excluding steroid dienone is 4. The van der Waals surface area contributed by atoms with Crippen molar-refractivity contribution in [2.45, 2.75) is 12.8 Å². The molecule has 0 heterocycles. The minimum atomic E-state index is -0.463. The fraction of sp³-hybridized carbons (Fsp3) is 0.105. The molecular weight excluding hydrogens is 336 g/mol. The predicted molar refractivity (Wildman–Crippen MR) is 96.9 cm³/mol. The van der Waals surface area contributed by atoms with Crippen LogP contribution in [0.2, 0.25) is 0 Å². The number of carbonyl (C=O) groups is 1. The predicted octanol–water partition coefficient (Wildman–Crippen LogP) is 3.97. The van der Waals surface area contributed by atoms with Crippen LogP contribution in [0.5, 0.6) is 0 Å². The molecule has 2 aromatic rings. The Labute approximate surface area is 149 Å². The molecule has 7 heteroatoms. The van der Waals surface area contributed by atoms with Gasteiger partial charge in [0.1, 0.15) is 0 Å². The van der Waals surface area contributed by atoms with Crippen LogP contribution in [-0.4, -0.2) is 15.6 Å². The Kier molecular flexibility index (Phi) is 6.50. The summed E-state index contributed by atoms with van der Waals surface area (Å²) in [6.45, 7) is 0. The standard InChI is InChI=1S/C19H16N2O5/c22-19(11-3-7-15-5-1-9-17(13-15)20(23)24)12-4-8-16-6-2-10-18(14-16)21(25)26/h1-6,9-14H,7-8H2. The Morgan fingerprint density at radius 1 is 0.808 bits per heavy atom. The molecule has 0 radical (unpaired) electrons. The highest BCUT2D eigenvalue weighted by Crippen LogP contribution is 2.14. The molecule has 0 amide bonds. The summed E-state index contributed by atoms with van der Waals surface area (Å²) in [6, 6.07) is 12.5. The fourth-order valence-electron chi connectivity index (χ4n) is 2.27. The molecule has 0 spiro atoms. The van der Waals surface area contributed by atoms with Gasteiger partial charge in [-0.25, -0.2) is 0 Å². The van der Waals surface area contributed by atoms with Crippen molar-refractivity contribution < 1.29 is 14.6 Å². The first-order valence-corrected chi connectivity index (χ1v) is 7.79. The van der Waals surface area contributed by atoms with Gasteiger partial charge in [-0.1, -0.05) is 36.4 Å². The molecular formula is C19H16N2O5. The Morgan fingerprint density at radius 2 is 1.23 bits per heavy atom. The fourth-order valence-corrected chi connectivity index (χ4v) is 2.27. The molecule has 0 atom stereocenters.